The van der Waals surface area contributed by atoms with Gasteiger partial charge in [0.25, 0.3) is 0 Å². The Morgan fingerprint density at radius 1 is 1.26 bits per heavy atom. The molecule has 2 N–H and O–H groups in total. The number of thiazole rings is 1. The van der Waals surface area contributed by atoms with Gasteiger partial charge in [-0.3, -0.25) is 0 Å². The number of hydrogen-bond acceptors (Lipinski definition) is 4. The van der Waals surface area contributed by atoms with Crippen molar-refractivity contribution in [1.82, 2.24) is 4.98 Å². The summed E-state index contributed by atoms with van der Waals surface area (Å²) in [5.41, 5.74) is 8.10. The summed E-state index contributed by atoms with van der Waals surface area (Å²) in [6.45, 7) is 6.23. The fourth-order valence-corrected chi connectivity index (χ4v) is 3.34. The molecule has 19 heavy (non-hydrogen) atoms. The summed E-state index contributed by atoms with van der Waals surface area (Å²) >= 11 is 3.55. The van der Waals surface area contributed by atoms with Crippen LogP contribution >= 0.6 is 23.1 Å². The lowest BCUT2D eigenvalue weighted by Crippen LogP contribution is -2.34. The molecular formula is C15H20N2S2. The Balaban J connectivity index is 2.13. The Labute approximate surface area is 123 Å². The number of nitrogens with zero attached hydrogens (tertiary/aromatic N) is 1. The van der Waals surface area contributed by atoms with E-state index >= 15 is 0 Å². The van der Waals surface area contributed by atoms with E-state index in [4.69, 9.17) is 5.73 Å². The van der Waals surface area contributed by atoms with Gasteiger partial charge in [0.05, 0.1) is 5.69 Å². The minimum Gasteiger partial charge on any atom is -0.325 e. The number of nitrogens with two attached hydrogens (primary N) is 1. The van der Waals surface area contributed by atoms with Crippen LogP contribution in [0, 0.1) is 0 Å². The number of hydrogen-bond donors (Lipinski definition) is 1. The predicted octanol–water partition coefficient (Wildman–Crippen LogP) is 4.20. The zero-order valence-corrected chi connectivity index (χ0v) is 13.3. The molecule has 0 fully saturated rings. The fourth-order valence-electron chi connectivity index (χ4n) is 1.85. The van der Waals surface area contributed by atoms with E-state index in [2.05, 4.69) is 41.6 Å². The van der Waals surface area contributed by atoms with E-state index < -0.39 is 0 Å². The van der Waals surface area contributed by atoms with Crippen LogP contribution in [-0.2, 0) is 6.42 Å². The predicted molar refractivity (Wildman–Crippen MR) is 85.9 cm³/mol. The van der Waals surface area contributed by atoms with E-state index in [9.17, 15) is 0 Å². The smallest absolute Gasteiger partial charge is 0.123 e. The minimum atomic E-state index is -0.201. The van der Waals surface area contributed by atoms with Crippen LogP contribution in [0.2, 0.25) is 0 Å². The molecule has 1 heterocycles. The molecule has 4 heteroatoms. The topological polar surface area (TPSA) is 38.9 Å². The molecule has 2 rings (SSSR count). The molecule has 2 aromatic rings. The van der Waals surface area contributed by atoms with Gasteiger partial charge in [-0.25, -0.2) is 4.98 Å². The second kappa shape index (κ2) is 6.07. The lowest BCUT2D eigenvalue weighted by atomic mass is 10.0. The van der Waals surface area contributed by atoms with Crippen LogP contribution in [0.5, 0.6) is 0 Å². The highest BCUT2D eigenvalue weighted by Crippen LogP contribution is 2.27. The average molecular weight is 292 g/mol. The molecule has 0 aliphatic rings. The number of thioether (sulfide) groups is 1. The second-order valence-electron chi connectivity index (χ2n) is 5.27. The van der Waals surface area contributed by atoms with Gasteiger partial charge >= 0.3 is 0 Å². The zero-order valence-electron chi connectivity index (χ0n) is 11.6. The Morgan fingerprint density at radius 2 is 1.95 bits per heavy atom. The summed E-state index contributed by atoms with van der Waals surface area (Å²) in [6, 6.07) is 8.62. The highest BCUT2D eigenvalue weighted by atomic mass is 32.2. The molecule has 102 valence electrons. The molecule has 0 radical (unpaired) electrons. The Kier molecular flexibility index (Phi) is 4.66. The fraction of sp³-hybridized carbons (Fsp3) is 0.400. The maximum absolute atomic E-state index is 6.03. The van der Waals surface area contributed by atoms with Gasteiger partial charge in [-0.1, -0.05) is 19.1 Å². The minimum absolute atomic E-state index is 0.201. The first-order valence-electron chi connectivity index (χ1n) is 6.44. The van der Waals surface area contributed by atoms with Gasteiger partial charge < -0.3 is 5.73 Å². The highest BCUT2D eigenvalue weighted by Gasteiger charge is 2.14. The van der Waals surface area contributed by atoms with Gasteiger partial charge in [0.2, 0.25) is 0 Å². The summed E-state index contributed by atoms with van der Waals surface area (Å²) in [6.07, 6.45) is 0.813. The van der Waals surface area contributed by atoms with Crippen molar-refractivity contribution < 1.29 is 0 Å². The number of benzene rings is 1. The molecule has 1 aromatic heterocycles. The molecule has 0 saturated heterocycles. The SMILES string of the molecule is CCSc1ccc(-c2nc(CC(C)(C)N)cs2)cc1. The largest absolute Gasteiger partial charge is 0.325 e. The Bertz CT molecular complexity index is 524. The van der Waals surface area contributed by atoms with Crippen LogP contribution in [0.4, 0.5) is 0 Å². The molecule has 0 aliphatic carbocycles. The maximum atomic E-state index is 6.03. The van der Waals surface area contributed by atoms with E-state index in [1.807, 2.05) is 25.6 Å². The van der Waals surface area contributed by atoms with Gasteiger partial charge in [-0.15, -0.1) is 23.1 Å². The first-order valence-corrected chi connectivity index (χ1v) is 8.31. The van der Waals surface area contributed by atoms with Crippen molar-refractivity contribution in [3.8, 4) is 10.6 Å². The van der Waals surface area contributed by atoms with Crippen molar-refractivity contribution in [3.63, 3.8) is 0 Å². The monoisotopic (exact) mass is 292 g/mol. The van der Waals surface area contributed by atoms with Crippen LogP contribution in [-0.4, -0.2) is 16.3 Å². The molecule has 0 atom stereocenters. The second-order valence-corrected chi connectivity index (χ2v) is 7.46. The third-order valence-electron chi connectivity index (χ3n) is 2.60. The standard InChI is InChI=1S/C15H20N2S2/c1-4-18-13-7-5-11(6-8-13)14-17-12(10-19-14)9-15(2,3)16/h5-8,10H,4,9,16H2,1-3H3. The van der Waals surface area contributed by atoms with Crippen LogP contribution in [0.25, 0.3) is 10.6 Å². The molecule has 1 aromatic carbocycles. The first-order chi connectivity index (χ1) is 8.98. The van der Waals surface area contributed by atoms with Gasteiger partial charge in [0, 0.05) is 27.8 Å². The number of rotatable bonds is 5. The van der Waals surface area contributed by atoms with Gasteiger partial charge in [0.1, 0.15) is 5.01 Å². The lowest BCUT2D eigenvalue weighted by molar-refractivity contribution is 0.511. The summed E-state index contributed by atoms with van der Waals surface area (Å²) in [5.74, 6) is 1.10. The molecule has 0 aliphatic heterocycles. The molecule has 2 nitrogen and oxygen atoms in total. The van der Waals surface area contributed by atoms with Crippen LogP contribution in [0.3, 0.4) is 0 Å². The van der Waals surface area contributed by atoms with Crippen molar-refractivity contribution in [3.05, 3.63) is 35.3 Å². The van der Waals surface area contributed by atoms with Gasteiger partial charge in [-0.05, 0) is 31.7 Å². The molecule has 0 saturated carbocycles. The van der Waals surface area contributed by atoms with E-state index in [-0.39, 0.29) is 5.54 Å². The number of aromatic nitrogens is 1. The van der Waals surface area contributed by atoms with Crippen molar-refractivity contribution in [2.75, 3.05) is 5.75 Å². The van der Waals surface area contributed by atoms with E-state index in [1.54, 1.807) is 11.3 Å². The highest BCUT2D eigenvalue weighted by molar-refractivity contribution is 7.99. The van der Waals surface area contributed by atoms with Crippen molar-refractivity contribution in [2.45, 2.75) is 37.6 Å². The summed E-state index contributed by atoms with van der Waals surface area (Å²) < 4.78 is 0. The van der Waals surface area contributed by atoms with Crippen LogP contribution in [0.1, 0.15) is 26.5 Å². The Morgan fingerprint density at radius 3 is 2.53 bits per heavy atom. The lowest BCUT2D eigenvalue weighted by Gasteiger charge is -2.16. The maximum Gasteiger partial charge on any atom is 0.123 e. The third kappa shape index (κ3) is 4.34. The summed E-state index contributed by atoms with van der Waals surface area (Å²) in [4.78, 5) is 5.98. The summed E-state index contributed by atoms with van der Waals surface area (Å²) in [5, 5.41) is 3.19. The van der Waals surface area contributed by atoms with E-state index in [0.29, 0.717) is 0 Å². The van der Waals surface area contributed by atoms with E-state index in [1.165, 1.54) is 10.5 Å². The molecule has 0 unspecified atom stereocenters. The quantitative estimate of drug-likeness (QED) is 0.839. The molecule has 0 amide bonds. The van der Waals surface area contributed by atoms with Gasteiger partial charge in [-0.2, -0.15) is 0 Å². The normalized spacial score (nSPS) is 11.8. The summed E-state index contributed by atoms with van der Waals surface area (Å²) in [7, 11) is 0. The van der Waals surface area contributed by atoms with E-state index in [0.717, 1.165) is 22.9 Å². The molecular weight excluding hydrogens is 272 g/mol. The first kappa shape index (κ1) is 14.6. The third-order valence-corrected chi connectivity index (χ3v) is 4.44. The zero-order chi connectivity index (χ0) is 13.9. The van der Waals surface area contributed by atoms with Crippen molar-refractivity contribution >= 4 is 23.1 Å². The van der Waals surface area contributed by atoms with Gasteiger partial charge in [0.15, 0.2) is 0 Å². The van der Waals surface area contributed by atoms with Crippen LogP contribution in [0.15, 0.2) is 34.5 Å². The Hall–Kier alpha value is -0.840. The molecule has 0 spiro atoms. The van der Waals surface area contributed by atoms with Crippen molar-refractivity contribution in [2.24, 2.45) is 5.73 Å². The molecule has 0 bridgehead atoms. The van der Waals surface area contributed by atoms with Crippen molar-refractivity contribution in [1.29, 1.82) is 0 Å². The van der Waals surface area contributed by atoms with Crippen LogP contribution < -0.4 is 5.73 Å². The average Bonchev–Trinajstić information content (AvgIpc) is 2.76.